The van der Waals surface area contributed by atoms with Gasteiger partial charge < -0.3 is 20.0 Å². The van der Waals surface area contributed by atoms with Crippen molar-refractivity contribution < 1.29 is 4.42 Å². The third-order valence-electron chi connectivity index (χ3n) is 4.48. The molecule has 1 aromatic carbocycles. The monoisotopic (exact) mass is 362 g/mol. The molecular weight excluding hydrogens is 340 g/mol. The van der Waals surface area contributed by atoms with E-state index < -0.39 is 0 Å². The molecule has 0 fully saturated rings. The molecule has 0 bridgehead atoms. The normalized spacial score (nSPS) is 11.2. The lowest BCUT2D eigenvalue weighted by Crippen LogP contribution is -2.07. The van der Waals surface area contributed by atoms with E-state index in [4.69, 9.17) is 10.2 Å². The Kier molecular flexibility index (Phi) is 4.27. The molecule has 0 saturated carbocycles. The molecule has 7 nitrogen and oxygen atoms in total. The number of hydrogen-bond acceptors (Lipinski definition) is 6. The van der Waals surface area contributed by atoms with Crippen molar-refractivity contribution in [3.05, 3.63) is 53.3 Å². The van der Waals surface area contributed by atoms with Crippen molar-refractivity contribution in [2.75, 3.05) is 11.1 Å². The van der Waals surface area contributed by atoms with E-state index in [-0.39, 0.29) is 0 Å². The molecule has 0 unspecified atom stereocenters. The fourth-order valence-corrected chi connectivity index (χ4v) is 3.21. The van der Waals surface area contributed by atoms with Gasteiger partial charge in [-0.2, -0.15) is 9.97 Å². The molecule has 138 valence electrons. The molecule has 0 saturated heterocycles. The standard InChI is InChI=1S/C20H22N6O/c1-4-26-18-15(23-19(26)16-12(2)10-13(3)27-16)17(21)24-20(25-18)22-11-14-8-6-5-7-9-14/h5-10H,4,11H2,1-3H3,(H3,21,22,24,25). The fourth-order valence-electron chi connectivity index (χ4n) is 3.21. The zero-order valence-corrected chi connectivity index (χ0v) is 15.7. The number of aryl methyl sites for hydroxylation is 3. The number of imidazole rings is 1. The van der Waals surface area contributed by atoms with Crippen LogP contribution in [0.2, 0.25) is 0 Å². The maximum Gasteiger partial charge on any atom is 0.227 e. The smallest absolute Gasteiger partial charge is 0.227 e. The Morgan fingerprint density at radius 1 is 1.11 bits per heavy atom. The molecule has 27 heavy (non-hydrogen) atoms. The summed E-state index contributed by atoms with van der Waals surface area (Å²) in [5.41, 5.74) is 9.65. The van der Waals surface area contributed by atoms with Gasteiger partial charge in [-0.05, 0) is 38.0 Å². The molecule has 3 N–H and O–H groups in total. The van der Waals surface area contributed by atoms with Crippen LogP contribution in [0.25, 0.3) is 22.7 Å². The summed E-state index contributed by atoms with van der Waals surface area (Å²) in [6, 6.07) is 12.1. The summed E-state index contributed by atoms with van der Waals surface area (Å²) in [6.07, 6.45) is 0. The highest BCUT2D eigenvalue weighted by atomic mass is 16.3. The number of nitrogen functional groups attached to an aromatic ring is 1. The van der Waals surface area contributed by atoms with E-state index in [1.54, 1.807) is 0 Å². The molecule has 7 heteroatoms. The summed E-state index contributed by atoms with van der Waals surface area (Å²) < 4.78 is 7.87. The van der Waals surface area contributed by atoms with E-state index in [1.807, 2.05) is 61.7 Å². The van der Waals surface area contributed by atoms with Crippen LogP contribution in [0.1, 0.15) is 23.8 Å². The van der Waals surface area contributed by atoms with Crippen molar-refractivity contribution in [1.82, 2.24) is 19.5 Å². The second-order valence-electron chi connectivity index (χ2n) is 6.49. The van der Waals surface area contributed by atoms with Crippen LogP contribution in [0, 0.1) is 13.8 Å². The van der Waals surface area contributed by atoms with E-state index in [2.05, 4.69) is 20.3 Å². The minimum absolute atomic E-state index is 0.352. The quantitative estimate of drug-likeness (QED) is 0.559. The van der Waals surface area contributed by atoms with Gasteiger partial charge in [0.15, 0.2) is 28.6 Å². The summed E-state index contributed by atoms with van der Waals surface area (Å²) in [5.74, 6) is 3.15. The Labute approximate surface area is 157 Å². The van der Waals surface area contributed by atoms with Gasteiger partial charge in [-0.25, -0.2) is 4.98 Å². The molecule has 0 amide bonds. The first-order chi connectivity index (χ1) is 13.1. The van der Waals surface area contributed by atoms with Crippen LogP contribution in [0.3, 0.4) is 0 Å². The molecule has 0 aliphatic carbocycles. The van der Waals surface area contributed by atoms with Crippen LogP contribution in [0.15, 0.2) is 40.8 Å². The Morgan fingerprint density at radius 2 is 1.89 bits per heavy atom. The fraction of sp³-hybridized carbons (Fsp3) is 0.250. The number of furan rings is 1. The maximum absolute atomic E-state index is 6.19. The average Bonchev–Trinajstić information content (AvgIpc) is 3.20. The van der Waals surface area contributed by atoms with Gasteiger partial charge in [-0.3, -0.25) is 0 Å². The van der Waals surface area contributed by atoms with Gasteiger partial charge in [0.25, 0.3) is 0 Å². The molecule has 4 rings (SSSR count). The van der Waals surface area contributed by atoms with Gasteiger partial charge in [0, 0.05) is 13.1 Å². The Hall–Kier alpha value is -3.35. The topological polar surface area (TPSA) is 94.8 Å². The zero-order chi connectivity index (χ0) is 19.0. The minimum Gasteiger partial charge on any atom is -0.458 e. The average molecular weight is 362 g/mol. The van der Waals surface area contributed by atoms with Gasteiger partial charge in [0.2, 0.25) is 5.95 Å². The number of fused-ring (bicyclic) bond motifs is 1. The summed E-state index contributed by atoms with van der Waals surface area (Å²) in [6.45, 7) is 7.29. The minimum atomic E-state index is 0.352. The SMILES string of the molecule is CCn1c(-c2oc(C)cc2C)nc2c(N)nc(NCc3ccccc3)nc21. The first-order valence-electron chi connectivity index (χ1n) is 8.95. The first kappa shape index (κ1) is 17.1. The molecule has 0 aliphatic rings. The molecule has 3 aromatic heterocycles. The van der Waals surface area contributed by atoms with Crippen LogP contribution >= 0.6 is 0 Å². The summed E-state index contributed by atoms with van der Waals surface area (Å²) in [5, 5.41) is 3.24. The van der Waals surface area contributed by atoms with Crippen molar-refractivity contribution in [2.45, 2.75) is 33.9 Å². The third kappa shape index (κ3) is 3.12. The van der Waals surface area contributed by atoms with Gasteiger partial charge in [-0.1, -0.05) is 30.3 Å². The lowest BCUT2D eigenvalue weighted by molar-refractivity contribution is 0.538. The van der Waals surface area contributed by atoms with Crippen molar-refractivity contribution in [2.24, 2.45) is 0 Å². The van der Waals surface area contributed by atoms with E-state index >= 15 is 0 Å². The molecule has 0 atom stereocenters. The van der Waals surface area contributed by atoms with E-state index in [1.165, 1.54) is 0 Å². The van der Waals surface area contributed by atoms with Gasteiger partial charge >= 0.3 is 0 Å². The van der Waals surface area contributed by atoms with Crippen LogP contribution in [0.4, 0.5) is 11.8 Å². The molecule has 0 spiro atoms. The van der Waals surface area contributed by atoms with Crippen LogP contribution in [0.5, 0.6) is 0 Å². The van der Waals surface area contributed by atoms with E-state index in [0.717, 1.165) is 28.5 Å². The van der Waals surface area contributed by atoms with Crippen molar-refractivity contribution >= 4 is 22.9 Å². The number of nitrogens with two attached hydrogens (primary N) is 1. The summed E-state index contributed by atoms with van der Waals surface area (Å²) in [4.78, 5) is 13.7. The highest BCUT2D eigenvalue weighted by molar-refractivity contribution is 5.86. The number of hydrogen-bond donors (Lipinski definition) is 2. The van der Waals surface area contributed by atoms with Crippen LogP contribution in [-0.2, 0) is 13.1 Å². The molecular formula is C20H22N6O. The van der Waals surface area contributed by atoms with E-state index in [0.29, 0.717) is 36.0 Å². The zero-order valence-electron chi connectivity index (χ0n) is 15.7. The number of anilines is 2. The Balaban J connectivity index is 1.76. The number of nitrogens with zero attached hydrogens (tertiary/aromatic N) is 4. The van der Waals surface area contributed by atoms with Crippen LogP contribution < -0.4 is 11.1 Å². The molecule has 0 aliphatic heterocycles. The Bertz CT molecular complexity index is 1100. The summed E-state index contributed by atoms with van der Waals surface area (Å²) in [7, 11) is 0. The first-order valence-corrected chi connectivity index (χ1v) is 8.95. The predicted molar refractivity (Wildman–Crippen MR) is 106 cm³/mol. The largest absolute Gasteiger partial charge is 0.458 e. The molecule has 4 aromatic rings. The molecule has 3 heterocycles. The van der Waals surface area contributed by atoms with Crippen molar-refractivity contribution in [3.63, 3.8) is 0 Å². The second kappa shape index (κ2) is 6.75. The lowest BCUT2D eigenvalue weighted by Gasteiger charge is -2.07. The second-order valence-corrected chi connectivity index (χ2v) is 6.49. The summed E-state index contributed by atoms with van der Waals surface area (Å²) >= 11 is 0. The van der Waals surface area contributed by atoms with Crippen LogP contribution in [-0.4, -0.2) is 19.5 Å². The highest BCUT2D eigenvalue weighted by Gasteiger charge is 2.20. The predicted octanol–water partition coefficient (Wildman–Crippen LogP) is 3.92. The Morgan fingerprint density at radius 3 is 2.56 bits per heavy atom. The maximum atomic E-state index is 6.19. The van der Waals surface area contributed by atoms with Crippen molar-refractivity contribution in [1.29, 1.82) is 0 Å². The number of rotatable bonds is 5. The number of nitrogens with one attached hydrogen (secondary N) is 1. The van der Waals surface area contributed by atoms with Gasteiger partial charge in [0.1, 0.15) is 5.76 Å². The van der Waals surface area contributed by atoms with Crippen molar-refractivity contribution in [3.8, 4) is 11.6 Å². The lowest BCUT2D eigenvalue weighted by atomic mass is 10.2. The number of benzene rings is 1. The van der Waals surface area contributed by atoms with Gasteiger partial charge in [0.05, 0.1) is 0 Å². The molecule has 0 radical (unpaired) electrons. The van der Waals surface area contributed by atoms with E-state index in [9.17, 15) is 0 Å². The van der Waals surface area contributed by atoms with Gasteiger partial charge in [-0.15, -0.1) is 0 Å². The third-order valence-corrected chi connectivity index (χ3v) is 4.48. The number of aromatic nitrogens is 4. The highest BCUT2D eigenvalue weighted by Crippen LogP contribution is 2.30.